The number of nitrogens with one attached hydrogen (secondary N) is 2. The van der Waals surface area contributed by atoms with E-state index in [4.69, 9.17) is 0 Å². The molecule has 0 saturated heterocycles. The smallest absolute Gasteiger partial charge is 0.271 e. The van der Waals surface area contributed by atoms with Crippen LogP contribution in [0.1, 0.15) is 65.5 Å². The summed E-state index contributed by atoms with van der Waals surface area (Å²) in [5, 5.41) is 6.20. The van der Waals surface area contributed by atoms with Crippen LogP contribution in [0, 0.1) is 6.92 Å². The van der Waals surface area contributed by atoms with E-state index in [2.05, 4.69) is 34.4 Å². The van der Waals surface area contributed by atoms with E-state index < -0.39 is 17.5 Å². The molecule has 0 radical (unpaired) electrons. The van der Waals surface area contributed by atoms with Crippen molar-refractivity contribution in [1.82, 2.24) is 19.6 Å². The fourth-order valence-corrected chi connectivity index (χ4v) is 6.07. The average molecular weight is 544 g/mol. The number of carbonyl (C=O) groups excluding carboxylic acids is 2. The molecule has 1 aliphatic rings. The topological polar surface area (TPSA) is 95.8 Å². The van der Waals surface area contributed by atoms with Gasteiger partial charge in [-0.05, 0) is 62.5 Å². The SMILES string of the molecule is CCN(CC)C(C(=O)Nc1ccc(C2(NC(=O)c3cnc4sc(C)cn4c3=O)CCC2)cc1)c1ccccc1. The van der Waals surface area contributed by atoms with Gasteiger partial charge < -0.3 is 10.6 Å². The summed E-state index contributed by atoms with van der Waals surface area (Å²) >= 11 is 1.41. The lowest BCUT2D eigenvalue weighted by Crippen LogP contribution is -2.51. The number of thiazole rings is 1. The minimum atomic E-state index is -0.552. The summed E-state index contributed by atoms with van der Waals surface area (Å²) in [7, 11) is 0. The lowest BCUT2D eigenvalue weighted by atomic mass is 9.71. The molecule has 1 aliphatic carbocycles. The summed E-state index contributed by atoms with van der Waals surface area (Å²) in [5.41, 5.74) is 1.71. The number of fused-ring (bicyclic) bond motifs is 1. The highest BCUT2D eigenvalue weighted by Gasteiger charge is 2.40. The van der Waals surface area contributed by atoms with Crippen LogP contribution in [0.3, 0.4) is 0 Å². The largest absolute Gasteiger partial charge is 0.342 e. The molecule has 2 amide bonds. The molecule has 4 aromatic rings. The minimum Gasteiger partial charge on any atom is -0.342 e. The van der Waals surface area contributed by atoms with Crippen molar-refractivity contribution < 1.29 is 9.59 Å². The Labute approximate surface area is 231 Å². The van der Waals surface area contributed by atoms with Crippen LogP contribution in [0.2, 0.25) is 0 Å². The average Bonchev–Trinajstić information content (AvgIpc) is 3.31. The zero-order valence-corrected chi connectivity index (χ0v) is 23.3. The Hall–Kier alpha value is -3.82. The number of rotatable bonds is 9. The number of likely N-dealkylation sites (N-methyl/N-ethyl adjacent to an activating group) is 1. The fraction of sp³-hybridized carbons (Fsp3) is 0.333. The van der Waals surface area contributed by atoms with Crippen LogP contribution in [0.5, 0.6) is 0 Å². The highest BCUT2D eigenvalue weighted by Crippen LogP contribution is 2.41. The van der Waals surface area contributed by atoms with Gasteiger partial charge >= 0.3 is 0 Å². The van der Waals surface area contributed by atoms with Gasteiger partial charge in [0.25, 0.3) is 11.5 Å². The molecule has 0 spiro atoms. The quantitative estimate of drug-likeness (QED) is 0.313. The van der Waals surface area contributed by atoms with Gasteiger partial charge in [-0.1, -0.05) is 56.3 Å². The number of carbonyl (C=O) groups is 2. The number of amides is 2. The first kappa shape index (κ1) is 26.8. The molecule has 0 aliphatic heterocycles. The van der Waals surface area contributed by atoms with E-state index in [0.29, 0.717) is 10.6 Å². The Balaban J connectivity index is 1.33. The molecule has 1 fully saturated rings. The number of aromatic nitrogens is 2. The maximum Gasteiger partial charge on any atom is 0.271 e. The van der Waals surface area contributed by atoms with Crippen LogP contribution < -0.4 is 16.2 Å². The highest BCUT2D eigenvalue weighted by molar-refractivity contribution is 7.16. The summed E-state index contributed by atoms with van der Waals surface area (Å²) in [6.45, 7) is 7.51. The predicted octanol–water partition coefficient (Wildman–Crippen LogP) is 4.90. The number of benzene rings is 2. The summed E-state index contributed by atoms with van der Waals surface area (Å²) in [4.78, 5) is 47.5. The Bertz CT molecular complexity index is 1540. The van der Waals surface area contributed by atoms with Crippen LogP contribution in [-0.4, -0.2) is 39.2 Å². The lowest BCUT2D eigenvalue weighted by molar-refractivity contribution is -0.121. The summed E-state index contributed by atoms with van der Waals surface area (Å²) < 4.78 is 1.43. The van der Waals surface area contributed by atoms with Gasteiger partial charge in [-0.3, -0.25) is 23.7 Å². The van der Waals surface area contributed by atoms with Crippen molar-refractivity contribution in [2.24, 2.45) is 0 Å². The van der Waals surface area contributed by atoms with E-state index >= 15 is 0 Å². The van der Waals surface area contributed by atoms with Crippen molar-refractivity contribution in [3.8, 4) is 0 Å². The van der Waals surface area contributed by atoms with E-state index in [1.807, 2.05) is 61.5 Å². The maximum absolute atomic E-state index is 13.4. The molecular formula is C30H33N5O3S. The highest BCUT2D eigenvalue weighted by atomic mass is 32.1. The van der Waals surface area contributed by atoms with Gasteiger partial charge in [0.1, 0.15) is 11.6 Å². The first-order chi connectivity index (χ1) is 18.8. The third kappa shape index (κ3) is 5.24. The number of nitrogens with zero attached hydrogens (tertiary/aromatic N) is 3. The van der Waals surface area contributed by atoms with Crippen LogP contribution in [-0.2, 0) is 10.3 Å². The Morgan fingerprint density at radius 2 is 1.77 bits per heavy atom. The molecule has 202 valence electrons. The number of hydrogen-bond donors (Lipinski definition) is 2. The van der Waals surface area contributed by atoms with Gasteiger partial charge in [0.05, 0.1) is 5.54 Å². The normalized spacial score (nSPS) is 15.1. The zero-order chi connectivity index (χ0) is 27.6. The third-order valence-corrected chi connectivity index (χ3v) is 8.49. The summed E-state index contributed by atoms with van der Waals surface area (Å²) in [6, 6.07) is 17.1. The Morgan fingerprint density at radius 1 is 1.08 bits per heavy atom. The molecule has 2 aromatic carbocycles. The van der Waals surface area contributed by atoms with Gasteiger partial charge in [-0.2, -0.15) is 0 Å². The van der Waals surface area contributed by atoms with Crippen molar-refractivity contribution >= 4 is 33.8 Å². The van der Waals surface area contributed by atoms with E-state index in [9.17, 15) is 14.4 Å². The maximum atomic E-state index is 13.4. The second-order valence-electron chi connectivity index (χ2n) is 9.96. The third-order valence-electron chi connectivity index (χ3n) is 7.57. The molecule has 5 rings (SSSR count). The molecule has 39 heavy (non-hydrogen) atoms. The molecule has 2 aromatic heterocycles. The number of anilines is 1. The van der Waals surface area contributed by atoms with Gasteiger partial charge in [0.2, 0.25) is 5.91 Å². The Morgan fingerprint density at radius 3 is 2.38 bits per heavy atom. The molecule has 1 unspecified atom stereocenters. The summed E-state index contributed by atoms with van der Waals surface area (Å²) in [6.07, 6.45) is 5.60. The van der Waals surface area contributed by atoms with Crippen molar-refractivity contribution in [2.75, 3.05) is 18.4 Å². The molecule has 2 heterocycles. The molecular weight excluding hydrogens is 510 g/mol. The predicted molar refractivity (Wildman–Crippen MR) is 154 cm³/mol. The van der Waals surface area contributed by atoms with Crippen LogP contribution in [0.15, 0.2) is 71.8 Å². The second-order valence-corrected chi connectivity index (χ2v) is 11.2. The Kier molecular flexibility index (Phi) is 7.63. The van der Waals surface area contributed by atoms with Gasteiger partial charge in [-0.25, -0.2) is 4.98 Å². The van der Waals surface area contributed by atoms with Crippen molar-refractivity contribution in [3.63, 3.8) is 0 Å². The molecule has 1 saturated carbocycles. The van der Waals surface area contributed by atoms with E-state index in [1.165, 1.54) is 21.9 Å². The zero-order valence-electron chi connectivity index (χ0n) is 22.4. The molecule has 1 atom stereocenters. The lowest BCUT2D eigenvalue weighted by Gasteiger charge is -2.43. The molecule has 9 heteroatoms. The van der Waals surface area contributed by atoms with Gasteiger partial charge in [0, 0.05) is 23.0 Å². The second kappa shape index (κ2) is 11.1. The fourth-order valence-electron chi connectivity index (χ4n) is 5.29. The van der Waals surface area contributed by atoms with Crippen LogP contribution >= 0.6 is 11.3 Å². The van der Waals surface area contributed by atoms with Crippen molar-refractivity contribution in [2.45, 2.75) is 51.6 Å². The van der Waals surface area contributed by atoms with E-state index in [-0.39, 0.29) is 17.0 Å². The first-order valence-corrected chi connectivity index (χ1v) is 14.2. The van der Waals surface area contributed by atoms with Crippen molar-refractivity contribution in [3.05, 3.63) is 98.9 Å². The number of hydrogen-bond acceptors (Lipinski definition) is 6. The van der Waals surface area contributed by atoms with Crippen LogP contribution in [0.4, 0.5) is 5.69 Å². The first-order valence-electron chi connectivity index (χ1n) is 13.4. The van der Waals surface area contributed by atoms with E-state index in [0.717, 1.165) is 48.4 Å². The molecule has 2 N–H and O–H groups in total. The van der Waals surface area contributed by atoms with Crippen LogP contribution in [0.25, 0.3) is 4.96 Å². The van der Waals surface area contributed by atoms with Gasteiger partial charge in [-0.15, -0.1) is 11.3 Å². The minimum absolute atomic E-state index is 0.0313. The standard InChI is InChI=1S/C30H33N5O3S/c1-4-34(5-2)25(21-10-7-6-8-11-21)27(37)32-23-14-12-22(13-15-23)30(16-9-17-30)33-26(36)24-18-31-29-35(28(24)38)19-20(3)39-29/h6-8,10-15,18-19,25H,4-5,9,16-17H2,1-3H3,(H,32,37)(H,33,36). The van der Waals surface area contributed by atoms with E-state index in [1.54, 1.807) is 6.20 Å². The molecule has 0 bridgehead atoms. The number of aryl methyl sites for hydroxylation is 1. The monoisotopic (exact) mass is 543 g/mol. The summed E-state index contributed by atoms with van der Waals surface area (Å²) in [5.74, 6) is -0.510. The van der Waals surface area contributed by atoms with Crippen molar-refractivity contribution in [1.29, 1.82) is 0 Å². The van der Waals surface area contributed by atoms with Gasteiger partial charge in [0.15, 0.2) is 4.96 Å². The molecule has 8 nitrogen and oxygen atoms in total.